The molecule has 2 aliphatic rings. The van der Waals surface area contributed by atoms with E-state index in [9.17, 15) is 0 Å². The molecule has 0 aromatic rings. The van der Waals surface area contributed by atoms with Crippen LogP contribution in [0.15, 0.2) is 46.0 Å². The molecular formula is C17H25Br. The van der Waals surface area contributed by atoms with Crippen LogP contribution in [0.2, 0.25) is 0 Å². The van der Waals surface area contributed by atoms with Gasteiger partial charge in [-0.05, 0) is 57.4 Å². The van der Waals surface area contributed by atoms with Gasteiger partial charge in [-0.25, -0.2) is 0 Å². The fourth-order valence-corrected chi connectivity index (χ4v) is 3.02. The van der Waals surface area contributed by atoms with Crippen LogP contribution in [-0.2, 0) is 0 Å². The molecule has 2 rings (SSSR count). The van der Waals surface area contributed by atoms with Gasteiger partial charge in [-0.1, -0.05) is 58.8 Å². The number of halogens is 1. The van der Waals surface area contributed by atoms with Crippen molar-refractivity contribution in [3.05, 3.63) is 46.0 Å². The second-order valence-electron chi connectivity index (χ2n) is 5.71. The molecule has 0 aromatic carbocycles. The molecule has 0 fully saturated rings. The molecule has 100 valence electrons. The largest absolute Gasteiger partial charge is 0.0958 e. The van der Waals surface area contributed by atoms with Gasteiger partial charge in [0.15, 0.2) is 0 Å². The van der Waals surface area contributed by atoms with Crippen molar-refractivity contribution in [2.24, 2.45) is 5.92 Å². The lowest BCUT2D eigenvalue weighted by atomic mass is 9.89. The Morgan fingerprint density at radius 1 is 1.17 bits per heavy atom. The van der Waals surface area contributed by atoms with E-state index in [1.165, 1.54) is 52.5 Å². The highest BCUT2D eigenvalue weighted by atomic mass is 79.9. The van der Waals surface area contributed by atoms with Gasteiger partial charge in [-0.2, -0.15) is 0 Å². The van der Waals surface area contributed by atoms with Gasteiger partial charge in [-0.15, -0.1) is 0 Å². The molecular weight excluding hydrogens is 284 g/mol. The van der Waals surface area contributed by atoms with Crippen molar-refractivity contribution in [1.29, 1.82) is 0 Å². The number of hydrogen-bond donors (Lipinski definition) is 0. The van der Waals surface area contributed by atoms with Crippen LogP contribution in [0, 0.1) is 5.92 Å². The monoisotopic (exact) mass is 308 g/mol. The Balaban J connectivity index is 0.000000180. The van der Waals surface area contributed by atoms with Crippen LogP contribution in [0.4, 0.5) is 0 Å². The Morgan fingerprint density at radius 3 is 2.28 bits per heavy atom. The van der Waals surface area contributed by atoms with Gasteiger partial charge in [-0.3, -0.25) is 0 Å². The summed E-state index contributed by atoms with van der Waals surface area (Å²) in [5.41, 5.74) is 5.50. The molecule has 2 aliphatic carbocycles. The quantitative estimate of drug-likeness (QED) is 0.491. The lowest BCUT2D eigenvalue weighted by Crippen LogP contribution is -2.01. The molecule has 1 unspecified atom stereocenters. The number of rotatable bonds is 0. The molecule has 0 radical (unpaired) electrons. The van der Waals surface area contributed by atoms with Crippen molar-refractivity contribution in [3.8, 4) is 0 Å². The van der Waals surface area contributed by atoms with E-state index in [1.807, 2.05) is 0 Å². The third-order valence-corrected chi connectivity index (χ3v) is 4.68. The molecule has 0 bridgehead atoms. The van der Waals surface area contributed by atoms with E-state index in [2.05, 4.69) is 55.9 Å². The van der Waals surface area contributed by atoms with Crippen LogP contribution >= 0.6 is 15.9 Å². The predicted octanol–water partition coefficient (Wildman–Crippen LogP) is 6.31. The van der Waals surface area contributed by atoms with E-state index >= 15 is 0 Å². The third kappa shape index (κ3) is 4.97. The van der Waals surface area contributed by atoms with E-state index in [4.69, 9.17) is 0 Å². The fourth-order valence-electron chi connectivity index (χ4n) is 2.62. The second-order valence-corrected chi connectivity index (χ2v) is 6.51. The minimum atomic E-state index is 0.822. The van der Waals surface area contributed by atoms with Crippen LogP contribution in [0.3, 0.4) is 0 Å². The zero-order valence-electron chi connectivity index (χ0n) is 12.0. The average Bonchev–Trinajstić information content (AvgIpc) is 2.24. The Kier molecular flexibility index (Phi) is 6.14. The number of allylic oxidation sites excluding steroid dienone is 6. The van der Waals surface area contributed by atoms with Crippen molar-refractivity contribution in [2.45, 2.75) is 52.9 Å². The van der Waals surface area contributed by atoms with Gasteiger partial charge in [0.25, 0.3) is 0 Å². The van der Waals surface area contributed by atoms with Gasteiger partial charge in [0.05, 0.1) is 0 Å². The molecule has 0 heterocycles. The molecule has 0 nitrogen and oxygen atoms in total. The van der Waals surface area contributed by atoms with Crippen LogP contribution in [0.1, 0.15) is 52.9 Å². The SMILES string of the molecule is C=C1C=C(C)CC(C)C1.C=C1CCCC(C)=C1Br. The van der Waals surface area contributed by atoms with Crippen LogP contribution in [0.5, 0.6) is 0 Å². The van der Waals surface area contributed by atoms with Crippen molar-refractivity contribution in [1.82, 2.24) is 0 Å². The molecule has 0 aromatic heterocycles. The molecule has 0 N–H and O–H groups in total. The van der Waals surface area contributed by atoms with Crippen molar-refractivity contribution in [3.63, 3.8) is 0 Å². The first-order valence-corrected chi connectivity index (χ1v) is 7.57. The molecule has 0 saturated heterocycles. The minimum absolute atomic E-state index is 0.822. The highest BCUT2D eigenvalue weighted by Crippen LogP contribution is 2.31. The Bertz CT molecular complexity index is 396. The van der Waals surface area contributed by atoms with Gasteiger partial charge >= 0.3 is 0 Å². The van der Waals surface area contributed by atoms with Gasteiger partial charge in [0.1, 0.15) is 0 Å². The Hall–Kier alpha value is -0.560. The van der Waals surface area contributed by atoms with E-state index in [0.29, 0.717) is 0 Å². The highest BCUT2D eigenvalue weighted by molar-refractivity contribution is 9.12. The van der Waals surface area contributed by atoms with Gasteiger partial charge in [0.2, 0.25) is 0 Å². The standard InChI is InChI=1S/C9H14.C8H11Br/c1-7-4-8(2)6-9(3)5-7;1-6-4-3-5-7(2)8(6)9/h4,9H,1,5-6H2,2-3H3;1,3-5H2,2H3. The maximum Gasteiger partial charge on any atom is 0.0190 e. The van der Waals surface area contributed by atoms with Gasteiger partial charge < -0.3 is 0 Å². The molecule has 18 heavy (non-hydrogen) atoms. The van der Waals surface area contributed by atoms with Crippen molar-refractivity contribution >= 4 is 15.9 Å². The van der Waals surface area contributed by atoms with Crippen LogP contribution < -0.4 is 0 Å². The molecule has 0 spiro atoms. The Morgan fingerprint density at radius 2 is 1.83 bits per heavy atom. The lowest BCUT2D eigenvalue weighted by molar-refractivity contribution is 0.560. The van der Waals surface area contributed by atoms with E-state index in [-0.39, 0.29) is 0 Å². The van der Waals surface area contributed by atoms with Crippen molar-refractivity contribution < 1.29 is 0 Å². The van der Waals surface area contributed by atoms with Crippen molar-refractivity contribution in [2.75, 3.05) is 0 Å². The lowest BCUT2D eigenvalue weighted by Gasteiger charge is -2.17. The molecule has 0 aliphatic heterocycles. The summed E-state index contributed by atoms with van der Waals surface area (Å²) >= 11 is 3.50. The maximum absolute atomic E-state index is 3.94. The molecule has 0 saturated carbocycles. The van der Waals surface area contributed by atoms with Crippen LogP contribution in [-0.4, -0.2) is 0 Å². The summed E-state index contributed by atoms with van der Waals surface area (Å²) in [7, 11) is 0. The average molecular weight is 309 g/mol. The molecule has 1 atom stereocenters. The predicted molar refractivity (Wildman–Crippen MR) is 85.9 cm³/mol. The van der Waals surface area contributed by atoms with E-state index in [1.54, 1.807) is 0 Å². The fraction of sp³-hybridized carbons (Fsp3) is 0.529. The second kappa shape index (κ2) is 7.13. The summed E-state index contributed by atoms with van der Waals surface area (Å²) in [6.45, 7) is 14.5. The van der Waals surface area contributed by atoms with Crippen LogP contribution in [0.25, 0.3) is 0 Å². The first-order chi connectivity index (χ1) is 8.40. The minimum Gasteiger partial charge on any atom is -0.0958 e. The third-order valence-electron chi connectivity index (χ3n) is 3.45. The summed E-state index contributed by atoms with van der Waals surface area (Å²) in [5.74, 6) is 0.822. The topological polar surface area (TPSA) is 0 Å². The first kappa shape index (κ1) is 15.5. The first-order valence-electron chi connectivity index (χ1n) is 6.78. The summed E-state index contributed by atoms with van der Waals surface area (Å²) in [6, 6.07) is 0. The smallest absolute Gasteiger partial charge is 0.0190 e. The molecule has 1 heteroatoms. The highest BCUT2D eigenvalue weighted by Gasteiger charge is 2.09. The zero-order valence-corrected chi connectivity index (χ0v) is 13.6. The van der Waals surface area contributed by atoms with E-state index in [0.717, 1.165) is 12.3 Å². The normalized spacial score (nSPS) is 24.4. The number of hydrogen-bond acceptors (Lipinski definition) is 0. The summed E-state index contributed by atoms with van der Waals surface area (Å²) in [5, 5.41) is 0. The summed E-state index contributed by atoms with van der Waals surface area (Å²) < 4.78 is 1.26. The summed E-state index contributed by atoms with van der Waals surface area (Å²) in [6.07, 6.45) is 8.34. The zero-order chi connectivity index (χ0) is 13.7. The maximum atomic E-state index is 3.94. The Labute approximate surface area is 121 Å². The molecule has 0 amide bonds. The van der Waals surface area contributed by atoms with E-state index < -0.39 is 0 Å². The summed E-state index contributed by atoms with van der Waals surface area (Å²) in [4.78, 5) is 0. The van der Waals surface area contributed by atoms with Gasteiger partial charge in [0, 0.05) is 4.48 Å².